The second kappa shape index (κ2) is 3.75. The molecule has 0 spiro atoms. The van der Waals surface area contributed by atoms with Gasteiger partial charge in [-0.25, -0.2) is 4.68 Å². The van der Waals surface area contributed by atoms with Crippen molar-refractivity contribution in [2.75, 3.05) is 12.8 Å². The van der Waals surface area contributed by atoms with Crippen LogP contribution in [0, 0.1) is 0 Å². The van der Waals surface area contributed by atoms with E-state index in [1.807, 2.05) is 36.7 Å². The molecule has 86 valence electrons. The van der Waals surface area contributed by atoms with Crippen LogP contribution < -0.4 is 5.73 Å². The maximum Gasteiger partial charge on any atom is 0.115 e. The predicted octanol–water partition coefficient (Wildman–Crippen LogP) is 1.44. The number of anilines is 1. The van der Waals surface area contributed by atoms with Crippen LogP contribution in [0.25, 0.3) is 11.0 Å². The lowest BCUT2D eigenvalue weighted by Crippen LogP contribution is -2.29. The number of nitrogens with zero attached hydrogens (tertiary/aromatic N) is 3. The van der Waals surface area contributed by atoms with Gasteiger partial charge < -0.3 is 10.5 Å². The highest BCUT2D eigenvalue weighted by Gasteiger charge is 2.19. The molecule has 0 bridgehead atoms. The van der Waals surface area contributed by atoms with Gasteiger partial charge in [-0.3, -0.25) is 0 Å². The Bertz CT molecular complexity index is 504. The minimum atomic E-state index is -0.262. The molecule has 0 aliphatic heterocycles. The van der Waals surface area contributed by atoms with Crippen molar-refractivity contribution >= 4 is 16.7 Å². The third-order valence-corrected chi connectivity index (χ3v) is 2.62. The van der Waals surface area contributed by atoms with E-state index < -0.39 is 0 Å². The highest BCUT2D eigenvalue weighted by Crippen LogP contribution is 2.18. The highest BCUT2D eigenvalue weighted by molar-refractivity contribution is 5.77. The monoisotopic (exact) mass is 220 g/mol. The molecule has 5 nitrogen and oxygen atoms in total. The summed E-state index contributed by atoms with van der Waals surface area (Å²) < 4.78 is 7.20. The van der Waals surface area contributed by atoms with Crippen molar-refractivity contribution in [2.24, 2.45) is 0 Å². The summed E-state index contributed by atoms with van der Waals surface area (Å²) in [5.74, 6) is 0. The molecule has 1 heterocycles. The standard InChI is InChI=1S/C11H16N4O/c1-11(2,16-3)7-15-10-5-4-8(12)6-9(10)13-14-15/h4-6H,7,12H2,1-3H3. The topological polar surface area (TPSA) is 66.0 Å². The Hall–Kier alpha value is -1.62. The fraction of sp³-hybridized carbons (Fsp3) is 0.455. The van der Waals surface area contributed by atoms with E-state index in [1.165, 1.54) is 0 Å². The van der Waals surface area contributed by atoms with Gasteiger partial charge in [0.2, 0.25) is 0 Å². The zero-order chi connectivity index (χ0) is 11.8. The average Bonchev–Trinajstić information content (AvgIpc) is 2.60. The maximum absolute atomic E-state index is 5.68. The fourth-order valence-electron chi connectivity index (χ4n) is 1.53. The molecule has 0 saturated carbocycles. The largest absolute Gasteiger partial charge is 0.399 e. The number of fused-ring (bicyclic) bond motifs is 1. The molecular weight excluding hydrogens is 204 g/mol. The van der Waals surface area contributed by atoms with Gasteiger partial charge >= 0.3 is 0 Å². The zero-order valence-corrected chi connectivity index (χ0v) is 9.77. The van der Waals surface area contributed by atoms with Crippen LogP contribution in [0.4, 0.5) is 5.69 Å². The summed E-state index contributed by atoms with van der Waals surface area (Å²) in [7, 11) is 1.69. The Morgan fingerprint density at radius 3 is 2.88 bits per heavy atom. The third-order valence-electron chi connectivity index (χ3n) is 2.62. The van der Waals surface area contributed by atoms with Gasteiger partial charge in [-0.1, -0.05) is 5.21 Å². The Kier molecular flexibility index (Phi) is 2.55. The zero-order valence-electron chi connectivity index (χ0n) is 9.77. The number of benzene rings is 1. The molecule has 0 amide bonds. The van der Waals surface area contributed by atoms with E-state index >= 15 is 0 Å². The molecule has 0 fully saturated rings. The van der Waals surface area contributed by atoms with Gasteiger partial charge in [0, 0.05) is 12.8 Å². The molecule has 0 radical (unpaired) electrons. The quantitative estimate of drug-likeness (QED) is 0.795. The van der Waals surface area contributed by atoms with E-state index in [1.54, 1.807) is 7.11 Å². The number of hydrogen-bond acceptors (Lipinski definition) is 4. The minimum Gasteiger partial charge on any atom is -0.399 e. The lowest BCUT2D eigenvalue weighted by Gasteiger charge is -2.22. The first kappa shape index (κ1) is 10.9. The molecular formula is C11H16N4O. The number of rotatable bonds is 3. The number of ether oxygens (including phenoxy) is 1. The Balaban J connectivity index is 2.39. The van der Waals surface area contributed by atoms with Crippen LogP contribution in [0.1, 0.15) is 13.8 Å². The van der Waals surface area contributed by atoms with Crippen molar-refractivity contribution in [3.63, 3.8) is 0 Å². The number of nitrogens with two attached hydrogens (primary N) is 1. The summed E-state index contributed by atoms with van der Waals surface area (Å²) in [5.41, 5.74) is 7.91. The Morgan fingerprint density at radius 2 is 2.19 bits per heavy atom. The van der Waals surface area contributed by atoms with E-state index in [0.717, 1.165) is 11.0 Å². The predicted molar refractivity (Wildman–Crippen MR) is 63.0 cm³/mol. The number of nitrogen functional groups attached to an aromatic ring is 1. The maximum atomic E-state index is 5.68. The third kappa shape index (κ3) is 1.99. The van der Waals surface area contributed by atoms with E-state index in [9.17, 15) is 0 Å². The smallest absolute Gasteiger partial charge is 0.115 e. The van der Waals surface area contributed by atoms with E-state index in [0.29, 0.717) is 12.2 Å². The van der Waals surface area contributed by atoms with Gasteiger partial charge in [-0.15, -0.1) is 5.10 Å². The van der Waals surface area contributed by atoms with Crippen LogP contribution >= 0.6 is 0 Å². The molecule has 16 heavy (non-hydrogen) atoms. The van der Waals surface area contributed by atoms with Gasteiger partial charge in [-0.05, 0) is 32.0 Å². The summed E-state index contributed by atoms with van der Waals surface area (Å²) >= 11 is 0. The van der Waals surface area contributed by atoms with Gasteiger partial charge in [0.15, 0.2) is 0 Å². The normalized spacial score (nSPS) is 12.2. The van der Waals surface area contributed by atoms with Crippen molar-refractivity contribution in [2.45, 2.75) is 26.0 Å². The average molecular weight is 220 g/mol. The van der Waals surface area contributed by atoms with Crippen molar-refractivity contribution < 1.29 is 4.74 Å². The van der Waals surface area contributed by atoms with Crippen LogP contribution in [0.5, 0.6) is 0 Å². The second-order valence-electron chi connectivity index (χ2n) is 4.46. The molecule has 2 N–H and O–H groups in total. The van der Waals surface area contributed by atoms with Gasteiger partial charge in [0.1, 0.15) is 5.52 Å². The van der Waals surface area contributed by atoms with Gasteiger partial charge in [0.25, 0.3) is 0 Å². The second-order valence-corrected chi connectivity index (χ2v) is 4.46. The van der Waals surface area contributed by atoms with E-state index in [2.05, 4.69) is 10.3 Å². The summed E-state index contributed by atoms with van der Waals surface area (Å²) in [4.78, 5) is 0. The molecule has 0 saturated heterocycles. The Labute approximate surface area is 94.2 Å². The molecule has 0 unspecified atom stereocenters. The summed E-state index contributed by atoms with van der Waals surface area (Å²) in [6, 6.07) is 5.59. The van der Waals surface area contributed by atoms with Crippen molar-refractivity contribution in [1.82, 2.24) is 15.0 Å². The van der Waals surface area contributed by atoms with Gasteiger partial charge in [0.05, 0.1) is 17.7 Å². The van der Waals surface area contributed by atoms with Crippen molar-refractivity contribution in [3.8, 4) is 0 Å². The summed E-state index contributed by atoms with van der Waals surface area (Å²) in [6.07, 6.45) is 0. The van der Waals surface area contributed by atoms with E-state index in [-0.39, 0.29) is 5.60 Å². The number of methoxy groups -OCH3 is 1. The minimum absolute atomic E-state index is 0.262. The number of hydrogen-bond donors (Lipinski definition) is 1. The van der Waals surface area contributed by atoms with Crippen molar-refractivity contribution in [1.29, 1.82) is 0 Å². The molecule has 2 rings (SSSR count). The first-order valence-electron chi connectivity index (χ1n) is 5.16. The van der Waals surface area contributed by atoms with Crippen LogP contribution in [-0.4, -0.2) is 27.7 Å². The fourth-order valence-corrected chi connectivity index (χ4v) is 1.53. The molecule has 2 aromatic rings. The van der Waals surface area contributed by atoms with Gasteiger partial charge in [-0.2, -0.15) is 0 Å². The SMILES string of the molecule is COC(C)(C)Cn1nnc2cc(N)ccc21. The van der Waals surface area contributed by atoms with Crippen LogP contribution in [0.3, 0.4) is 0 Å². The first-order valence-corrected chi connectivity index (χ1v) is 5.16. The first-order chi connectivity index (χ1) is 7.52. The molecule has 5 heteroatoms. The molecule has 0 aliphatic rings. The number of aromatic nitrogens is 3. The van der Waals surface area contributed by atoms with Crippen molar-refractivity contribution in [3.05, 3.63) is 18.2 Å². The molecule has 1 aromatic heterocycles. The van der Waals surface area contributed by atoms with Crippen LogP contribution in [0.2, 0.25) is 0 Å². The highest BCUT2D eigenvalue weighted by atomic mass is 16.5. The summed E-state index contributed by atoms with van der Waals surface area (Å²) in [5, 5.41) is 8.18. The molecule has 0 aliphatic carbocycles. The van der Waals surface area contributed by atoms with Crippen LogP contribution in [-0.2, 0) is 11.3 Å². The molecule has 0 atom stereocenters. The van der Waals surface area contributed by atoms with E-state index in [4.69, 9.17) is 10.5 Å². The molecule has 1 aromatic carbocycles. The summed E-state index contributed by atoms with van der Waals surface area (Å²) in [6.45, 7) is 4.68. The van der Waals surface area contributed by atoms with Crippen LogP contribution in [0.15, 0.2) is 18.2 Å². The lowest BCUT2D eigenvalue weighted by molar-refractivity contribution is 0.00601. The lowest BCUT2D eigenvalue weighted by atomic mass is 10.1. The Morgan fingerprint density at radius 1 is 1.44 bits per heavy atom.